The van der Waals surface area contributed by atoms with Crippen LogP contribution < -0.4 is 0 Å². The molecule has 0 aromatic carbocycles. The smallest absolute Gasteiger partial charge is 0.168 e. The fraction of sp³-hybridized carbons (Fsp3) is 1.00. The standard InChI is InChI=1S/C14H26O2/c1-5-12-10-15-14(16-12)8-6-11(7-9-14)13(2,3)4/h11-12H,5-10H2,1-4H3. The normalized spacial score (nSPS) is 40.5. The van der Waals surface area contributed by atoms with Crippen LogP contribution in [0.25, 0.3) is 0 Å². The predicted octanol–water partition coefficient (Wildman–Crippen LogP) is 3.74. The molecule has 0 aromatic rings. The van der Waals surface area contributed by atoms with Gasteiger partial charge >= 0.3 is 0 Å². The van der Waals surface area contributed by atoms with Gasteiger partial charge in [0, 0.05) is 12.8 Å². The number of rotatable bonds is 1. The van der Waals surface area contributed by atoms with Gasteiger partial charge in [-0.3, -0.25) is 0 Å². The van der Waals surface area contributed by atoms with Crippen molar-refractivity contribution in [1.82, 2.24) is 0 Å². The molecule has 2 nitrogen and oxygen atoms in total. The van der Waals surface area contributed by atoms with Gasteiger partial charge < -0.3 is 9.47 Å². The van der Waals surface area contributed by atoms with E-state index in [0.717, 1.165) is 31.8 Å². The van der Waals surface area contributed by atoms with E-state index in [1.807, 2.05) is 0 Å². The molecule has 2 fully saturated rings. The van der Waals surface area contributed by atoms with Crippen LogP contribution in [0.3, 0.4) is 0 Å². The predicted molar refractivity (Wildman–Crippen MR) is 65.3 cm³/mol. The quantitative estimate of drug-likeness (QED) is 0.678. The lowest BCUT2D eigenvalue weighted by atomic mass is 9.71. The summed E-state index contributed by atoms with van der Waals surface area (Å²) in [6.45, 7) is 10.0. The second-order valence-corrected chi connectivity index (χ2v) is 6.51. The van der Waals surface area contributed by atoms with Crippen molar-refractivity contribution >= 4 is 0 Å². The largest absolute Gasteiger partial charge is 0.347 e. The molecule has 0 amide bonds. The molecule has 1 atom stereocenters. The fourth-order valence-corrected chi connectivity index (χ4v) is 3.00. The zero-order valence-corrected chi connectivity index (χ0v) is 11.2. The zero-order chi connectivity index (χ0) is 11.8. The van der Waals surface area contributed by atoms with Crippen molar-refractivity contribution in [2.75, 3.05) is 6.61 Å². The highest BCUT2D eigenvalue weighted by Gasteiger charge is 2.45. The van der Waals surface area contributed by atoms with Crippen molar-refractivity contribution in [3.63, 3.8) is 0 Å². The van der Waals surface area contributed by atoms with Crippen LogP contribution in [0, 0.1) is 11.3 Å². The topological polar surface area (TPSA) is 18.5 Å². The lowest BCUT2D eigenvalue weighted by molar-refractivity contribution is -0.196. The van der Waals surface area contributed by atoms with Crippen LogP contribution in [0.5, 0.6) is 0 Å². The Bertz CT molecular complexity index is 234. The van der Waals surface area contributed by atoms with Crippen LogP contribution in [-0.2, 0) is 9.47 Å². The first-order valence-electron chi connectivity index (χ1n) is 6.77. The van der Waals surface area contributed by atoms with Crippen molar-refractivity contribution in [3.05, 3.63) is 0 Å². The van der Waals surface area contributed by atoms with Crippen molar-refractivity contribution in [2.45, 2.75) is 71.7 Å². The minimum Gasteiger partial charge on any atom is -0.347 e. The molecule has 0 bridgehead atoms. The van der Waals surface area contributed by atoms with Crippen LogP contribution in [0.1, 0.15) is 59.8 Å². The first-order chi connectivity index (χ1) is 7.45. The van der Waals surface area contributed by atoms with Gasteiger partial charge in [0.2, 0.25) is 0 Å². The maximum Gasteiger partial charge on any atom is 0.168 e. The Kier molecular flexibility index (Phi) is 3.33. The minimum atomic E-state index is -0.206. The molecular formula is C14H26O2. The summed E-state index contributed by atoms with van der Waals surface area (Å²) in [5.74, 6) is 0.619. The van der Waals surface area contributed by atoms with Crippen molar-refractivity contribution in [2.24, 2.45) is 11.3 Å². The molecule has 1 saturated heterocycles. The van der Waals surface area contributed by atoms with Crippen LogP contribution in [0.4, 0.5) is 0 Å². The van der Waals surface area contributed by atoms with Gasteiger partial charge in [0.1, 0.15) is 0 Å². The van der Waals surface area contributed by atoms with Crippen molar-refractivity contribution in [1.29, 1.82) is 0 Å². The summed E-state index contributed by atoms with van der Waals surface area (Å²) in [7, 11) is 0. The van der Waals surface area contributed by atoms with E-state index in [2.05, 4.69) is 27.7 Å². The first kappa shape index (κ1) is 12.4. The molecule has 2 aliphatic rings. The molecule has 1 aliphatic heterocycles. The van der Waals surface area contributed by atoms with E-state index in [1.54, 1.807) is 0 Å². The van der Waals surface area contributed by atoms with Crippen LogP contribution >= 0.6 is 0 Å². The van der Waals surface area contributed by atoms with Crippen LogP contribution in [0.15, 0.2) is 0 Å². The van der Waals surface area contributed by atoms with Crippen LogP contribution in [0.2, 0.25) is 0 Å². The van der Waals surface area contributed by atoms with E-state index < -0.39 is 0 Å². The van der Waals surface area contributed by atoms with Gasteiger partial charge in [-0.15, -0.1) is 0 Å². The van der Waals surface area contributed by atoms with Gasteiger partial charge in [0.15, 0.2) is 5.79 Å². The van der Waals surface area contributed by atoms with E-state index in [0.29, 0.717) is 11.5 Å². The summed E-state index contributed by atoms with van der Waals surface area (Å²) < 4.78 is 12.0. The lowest BCUT2D eigenvalue weighted by Crippen LogP contribution is -2.38. The van der Waals surface area contributed by atoms with E-state index in [9.17, 15) is 0 Å². The summed E-state index contributed by atoms with van der Waals surface area (Å²) in [6, 6.07) is 0. The zero-order valence-electron chi connectivity index (χ0n) is 11.2. The molecule has 2 heteroatoms. The highest BCUT2D eigenvalue weighted by Crippen LogP contribution is 2.45. The first-order valence-corrected chi connectivity index (χ1v) is 6.77. The molecule has 0 aromatic heterocycles. The maximum atomic E-state index is 6.08. The highest BCUT2D eigenvalue weighted by molar-refractivity contribution is 4.88. The highest BCUT2D eigenvalue weighted by atomic mass is 16.7. The summed E-state index contributed by atoms with van der Waals surface area (Å²) in [5, 5.41) is 0. The van der Waals surface area contributed by atoms with E-state index in [-0.39, 0.29) is 5.79 Å². The van der Waals surface area contributed by atoms with Crippen molar-refractivity contribution < 1.29 is 9.47 Å². The average Bonchev–Trinajstić information content (AvgIpc) is 2.61. The number of hydrogen-bond donors (Lipinski definition) is 0. The number of ether oxygens (including phenoxy) is 2. The third-order valence-corrected chi connectivity index (χ3v) is 4.34. The number of hydrogen-bond acceptors (Lipinski definition) is 2. The van der Waals surface area contributed by atoms with E-state index in [1.165, 1.54) is 12.8 Å². The van der Waals surface area contributed by atoms with Crippen molar-refractivity contribution in [3.8, 4) is 0 Å². The molecule has 0 radical (unpaired) electrons. The molecule has 1 spiro atoms. The molecule has 0 N–H and O–H groups in total. The summed E-state index contributed by atoms with van der Waals surface area (Å²) in [5.41, 5.74) is 0.435. The van der Waals surface area contributed by atoms with Gasteiger partial charge in [-0.1, -0.05) is 27.7 Å². The van der Waals surface area contributed by atoms with Gasteiger partial charge in [0.05, 0.1) is 12.7 Å². The Morgan fingerprint density at radius 3 is 2.25 bits per heavy atom. The molecule has 1 aliphatic carbocycles. The molecule has 16 heavy (non-hydrogen) atoms. The third kappa shape index (κ3) is 2.43. The molecule has 1 heterocycles. The Hall–Kier alpha value is -0.0800. The molecule has 1 saturated carbocycles. The van der Waals surface area contributed by atoms with E-state index in [4.69, 9.17) is 9.47 Å². The summed E-state index contributed by atoms with van der Waals surface area (Å²) in [4.78, 5) is 0. The Morgan fingerprint density at radius 1 is 1.19 bits per heavy atom. The second-order valence-electron chi connectivity index (χ2n) is 6.51. The maximum absolute atomic E-state index is 6.08. The van der Waals surface area contributed by atoms with Gasteiger partial charge in [-0.2, -0.15) is 0 Å². The third-order valence-electron chi connectivity index (χ3n) is 4.34. The molecule has 1 unspecified atom stereocenters. The average molecular weight is 226 g/mol. The molecule has 2 rings (SSSR count). The molecule has 94 valence electrons. The summed E-state index contributed by atoms with van der Waals surface area (Å²) >= 11 is 0. The van der Waals surface area contributed by atoms with Gasteiger partial charge in [0.25, 0.3) is 0 Å². The SMILES string of the molecule is CCC1COC2(CCC(C(C)(C)C)CC2)O1. The Morgan fingerprint density at radius 2 is 1.81 bits per heavy atom. The monoisotopic (exact) mass is 226 g/mol. The van der Waals surface area contributed by atoms with Crippen LogP contribution in [-0.4, -0.2) is 18.5 Å². The summed E-state index contributed by atoms with van der Waals surface area (Å²) in [6.07, 6.45) is 6.09. The molecular weight excluding hydrogens is 200 g/mol. The second kappa shape index (κ2) is 4.30. The minimum absolute atomic E-state index is 0.206. The Balaban J connectivity index is 1.90. The lowest BCUT2D eigenvalue weighted by Gasteiger charge is -2.41. The fourth-order valence-electron chi connectivity index (χ4n) is 3.00. The van der Waals surface area contributed by atoms with Gasteiger partial charge in [-0.25, -0.2) is 0 Å². The van der Waals surface area contributed by atoms with E-state index >= 15 is 0 Å². The van der Waals surface area contributed by atoms with Gasteiger partial charge in [-0.05, 0) is 30.6 Å². The Labute approximate surface area is 99.7 Å².